The Kier molecular flexibility index (Phi) is 5.80. The lowest BCUT2D eigenvalue weighted by Crippen LogP contribution is -2.60. The van der Waals surface area contributed by atoms with Crippen molar-refractivity contribution in [2.45, 2.75) is 61.7 Å². The number of aliphatic hydroxyl groups is 1. The molecular weight excluding hydrogens is 442 g/mol. The number of likely N-dealkylation sites (tertiary alicyclic amines) is 1. The lowest BCUT2D eigenvalue weighted by atomic mass is 9.97. The molecule has 1 aromatic carbocycles. The Morgan fingerprint density at radius 1 is 1.21 bits per heavy atom. The number of hydrogen-bond donors (Lipinski definition) is 3. The van der Waals surface area contributed by atoms with E-state index in [1.54, 1.807) is 25.3 Å². The van der Waals surface area contributed by atoms with Gasteiger partial charge in [-0.1, -0.05) is 12.1 Å². The van der Waals surface area contributed by atoms with Crippen LogP contribution in [0.5, 0.6) is 0 Å². The van der Waals surface area contributed by atoms with E-state index >= 15 is 0 Å². The Morgan fingerprint density at radius 2 is 1.91 bits per heavy atom. The summed E-state index contributed by atoms with van der Waals surface area (Å²) >= 11 is 0. The minimum Gasteiger partial charge on any atom is -0.389 e. The molecule has 2 atom stereocenters. The van der Waals surface area contributed by atoms with Gasteiger partial charge in [0, 0.05) is 37.9 Å². The topological polar surface area (TPSA) is 119 Å². The van der Waals surface area contributed by atoms with Crippen LogP contribution in [-0.2, 0) is 21.2 Å². The molecule has 1 saturated carbocycles. The zero-order valence-corrected chi connectivity index (χ0v) is 19.6. The largest absolute Gasteiger partial charge is 0.389 e. The first kappa shape index (κ1) is 22.5. The van der Waals surface area contributed by atoms with Crippen molar-refractivity contribution in [1.82, 2.24) is 24.5 Å². The average Bonchev–Trinajstić information content (AvgIpc) is 3.37. The summed E-state index contributed by atoms with van der Waals surface area (Å²) in [5.74, 6) is 0.488. The Morgan fingerprint density at radius 3 is 2.48 bits per heavy atom. The van der Waals surface area contributed by atoms with Crippen LogP contribution < -0.4 is 5.32 Å². The van der Waals surface area contributed by atoms with Crippen LogP contribution in [-0.4, -0.2) is 69.9 Å². The first-order valence-corrected chi connectivity index (χ1v) is 13.1. The van der Waals surface area contributed by atoms with E-state index in [1.165, 1.54) is 35.6 Å². The van der Waals surface area contributed by atoms with Crippen molar-refractivity contribution in [2.75, 3.05) is 19.6 Å². The van der Waals surface area contributed by atoms with Gasteiger partial charge in [0.1, 0.15) is 11.7 Å². The lowest BCUT2D eigenvalue weighted by Gasteiger charge is -2.44. The number of nitrogens with one attached hydrogen (secondary N) is 2. The first-order chi connectivity index (χ1) is 15.8. The van der Waals surface area contributed by atoms with E-state index in [4.69, 9.17) is 0 Å². The SMILES string of the molecule is CC(O)c1ccc(S(=O)(=O)N2C(Cc3cnc[nH]3)C(=O)NC23CCN(CC2CC2)CC3)cc1. The predicted octanol–water partition coefficient (Wildman–Crippen LogP) is 1.40. The number of hydrogen-bond acceptors (Lipinski definition) is 6. The Balaban J connectivity index is 1.48. The molecule has 3 heterocycles. The van der Waals surface area contributed by atoms with Gasteiger partial charge in [0.2, 0.25) is 15.9 Å². The summed E-state index contributed by atoms with van der Waals surface area (Å²) in [7, 11) is -3.99. The van der Waals surface area contributed by atoms with E-state index in [0.717, 1.165) is 25.6 Å². The fraction of sp³-hybridized carbons (Fsp3) is 0.565. The maximum atomic E-state index is 14.0. The number of H-pyrrole nitrogens is 1. The molecule has 1 amide bonds. The molecule has 178 valence electrons. The highest BCUT2D eigenvalue weighted by Gasteiger charge is 2.57. The van der Waals surface area contributed by atoms with Gasteiger partial charge in [-0.05, 0) is 56.2 Å². The van der Waals surface area contributed by atoms with Gasteiger partial charge in [-0.3, -0.25) is 4.79 Å². The van der Waals surface area contributed by atoms with Crippen molar-refractivity contribution in [3.8, 4) is 0 Å². The van der Waals surface area contributed by atoms with Crippen molar-refractivity contribution >= 4 is 15.9 Å². The molecule has 1 spiro atoms. The number of aliphatic hydroxyl groups excluding tert-OH is 1. The van der Waals surface area contributed by atoms with E-state index in [2.05, 4.69) is 20.2 Å². The number of amides is 1. The minimum atomic E-state index is -3.99. The highest BCUT2D eigenvalue weighted by molar-refractivity contribution is 7.89. The number of rotatable bonds is 7. The number of benzene rings is 1. The molecule has 2 unspecified atom stereocenters. The smallest absolute Gasteiger partial charge is 0.245 e. The van der Waals surface area contributed by atoms with Crippen LogP contribution in [0.2, 0.25) is 0 Å². The maximum absolute atomic E-state index is 14.0. The van der Waals surface area contributed by atoms with Crippen LogP contribution in [0.3, 0.4) is 0 Å². The number of aromatic nitrogens is 2. The highest BCUT2D eigenvalue weighted by atomic mass is 32.2. The summed E-state index contributed by atoms with van der Waals surface area (Å²) in [4.78, 5) is 22.7. The van der Waals surface area contributed by atoms with Crippen molar-refractivity contribution in [2.24, 2.45) is 5.92 Å². The third-order valence-electron chi connectivity index (χ3n) is 7.15. The molecular formula is C23H31N5O4S. The third kappa shape index (κ3) is 4.32. The third-order valence-corrected chi connectivity index (χ3v) is 9.14. The van der Waals surface area contributed by atoms with Crippen LogP contribution >= 0.6 is 0 Å². The number of carbonyl (C=O) groups excluding carboxylic acids is 1. The van der Waals surface area contributed by atoms with Gasteiger partial charge in [-0.15, -0.1) is 0 Å². The van der Waals surface area contributed by atoms with Gasteiger partial charge in [-0.25, -0.2) is 13.4 Å². The van der Waals surface area contributed by atoms with Crippen molar-refractivity contribution < 1.29 is 18.3 Å². The van der Waals surface area contributed by atoms with Gasteiger partial charge < -0.3 is 20.3 Å². The van der Waals surface area contributed by atoms with E-state index < -0.39 is 27.8 Å². The van der Waals surface area contributed by atoms with Crippen LogP contribution in [0.25, 0.3) is 0 Å². The molecule has 1 aliphatic carbocycles. The number of imidazole rings is 1. The van der Waals surface area contributed by atoms with Gasteiger partial charge in [0.05, 0.1) is 17.3 Å². The maximum Gasteiger partial charge on any atom is 0.245 e. The van der Waals surface area contributed by atoms with E-state index in [9.17, 15) is 18.3 Å². The van der Waals surface area contributed by atoms with Gasteiger partial charge >= 0.3 is 0 Å². The van der Waals surface area contributed by atoms with Crippen LogP contribution in [0.4, 0.5) is 0 Å². The Bertz CT molecular complexity index is 1090. The normalized spacial score (nSPS) is 24.8. The molecule has 9 nitrogen and oxygen atoms in total. The highest BCUT2D eigenvalue weighted by Crippen LogP contribution is 2.40. The molecule has 0 radical (unpaired) electrons. The minimum absolute atomic E-state index is 0.123. The summed E-state index contributed by atoms with van der Waals surface area (Å²) in [6.07, 6.45) is 6.34. The molecule has 1 aromatic heterocycles. The molecule has 5 rings (SSSR count). The van der Waals surface area contributed by atoms with Crippen LogP contribution in [0, 0.1) is 5.92 Å². The molecule has 33 heavy (non-hydrogen) atoms. The molecule has 3 aliphatic rings. The monoisotopic (exact) mass is 473 g/mol. The second kappa shape index (κ2) is 8.50. The van der Waals surface area contributed by atoms with Gasteiger partial charge in [-0.2, -0.15) is 4.31 Å². The van der Waals surface area contributed by atoms with Gasteiger partial charge in [0.15, 0.2) is 0 Å². The quantitative estimate of drug-likeness (QED) is 0.559. The number of piperidine rings is 1. The van der Waals surface area contributed by atoms with Crippen LogP contribution in [0.1, 0.15) is 50.0 Å². The summed E-state index contributed by atoms with van der Waals surface area (Å²) in [6.45, 7) is 4.19. The zero-order valence-electron chi connectivity index (χ0n) is 18.8. The van der Waals surface area contributed by atoms with Crippen molar-refractivity contribution in [3.63, 3.8) is 0 Å². The van der Waals surface area contributed by atoms with Crippen molar-refractivity contribution in [3.05, 3.63) is 48.0 Å². The zero-order chi connectivity index (χ0) is 23.2. The molecule has 3 fully saturated rings. The van der Waals surface area contributed by atoms with E-state index in [-0.39, 0.29) is 17.2 Å². The summed E-state index contributed by atoms with van der Waals surface area (Å²) in [5, 5.41) is 12.9. The molecule has 2 saturated heterocycles. The Labute approximate surface area is 194 Å². The van der Waals surface area contributed by atoms with Gasteiger partial charge in [0.25, 0.3) is 0 Å². The second-order valence-corrected chi connectivity index (χ2v) is 11.4. The molecule has 2 aromatic rings. The number of sulfonamides is 1. The molecule has 10 heteroatoms. The second-order valence-electron chi connectivity index (χ2n) is 9.61. The number of carbonyl (C=O) groups is 1. The standard InChI is InChI=1S/C23H31N5O4S/c1-16(29)18-4-6-20(7-5-18)33(31,32)28-21(12-19-13-24-15-25-19)22(30)26-23(28)8-10-27(11-9-23)14-17-2-3-17/h4-7,13,15-17,21,29H,2-3,8-12,14H2,1H3,(H,24,25)(H,26,30). The summed E-state index contributed by atoms with van der Waals surface area (Å²) in [5.41, 5.74) is 0.411. The molecule has 3 N–H and O–H groups in total. The summed E-state index contributed by atoms with van der Waals surface area (Å²) in [6, 6.07) is 5.42. The molecule has 0 bridgehead atoms. The van der Waals surface area contributed by atoms with Crippen LogP contribution in [0.15, 0.2) is 41.7 Å². The lowest BCUT2D eigenvalue weighted by molar-refractivity contribution is -0.121. The average molecular weight is 474 g/mol. The Hall–Kier alpha value is -2.27. The fourth-order valence-corrected chi connectivity index (χ4v) is 7.00. The predicted molar refractivity (Wildman–Crippen MR) is 121 cm³/mol. The number of nitrogens with zero attached hydrogens (tertiary/aromatic N) is 3. The van der Waals surface area contributed by atoms with E-state index in [0.29, 0.717) is 24.1 Å². The number of aromatic amines is 1. The first-order valence-electron chi connectivity index (χ1n) is 11.6. The van der Waals surface area contributed by atoms with E-state index in [1.807, 2.05) is 0 Å². The summed E-state index contributed by atoms with van der Waals surface area (Å²) < 4.78 is 29.4. The fourth-order valence-electron chi connectivity index (χ4n) is 5.10. The van der Waals surface area contributed by atoms with Crippen molar-refractivity contribution in [1.29, 1.82) is 0 Å². The molecule has 2 aliphatic heterocycles.